The fraction of sp³-hybridized carbons (Fsp3) is 1.00. The molecule has 0 spiro atoms. The van der Waals surface area contributed by atoms with Crippen molar-refractivity contribution in [1.82, 2.24) is 82.6 Å². The smallest absolute Gasteiger partial charge is 0.0351 e. The first-order chi connectivity index (χ1) is 52.3. The summed E-state index contributed by atoms with van der Waals surface area (Å²) in [7, 11) is 41.1. The summed E-state index contributed by atoms with van der Waals surface area (Å²) in [6, 6.07) is 0. The molecule has 12 aliphatic heterocycles. The molecule has 0 aliphatic carbocycles. The maximum Gasteiger partial charge on any atom is 0.0351 e. The van der Waals surface area contributed by atoms with E-state index in [0.29, 0.717) is 0 Å². The summed E-state index contributed by atoms with van der Waals surface area (Å²) in [4.78, 5) is 14.3. The molecule has 0 aromatic rings. The van der Waals surface area contributed by atoms with Crippen molar-refractivity contribution in [1.29, 1.82) is 0 Å². The minimum atomic E-state index is 1.25. The molecular formula is C84H208N16O4S4. The van der Waals surface area contributed by atoms with Gasteiger partial charge < -0.3 is 102 Å². The molecule has 0 atom stereocenters. The highest BCUT2D eigenvalue weighted by Gasteiger charge is 2.07. The van der Waals surface area contributed by atoms with Crippen LogP contribution in [0.25, 0.3) is 0 Å². The monoisotopic (exact) mass is 1630 g/mol. The molecule has 0 aromatic heterocycles. The summed E-state index contributed by atoms with van der Waals surface area (Å²) in [5.74, 6) is 0. The highest BCUT2D eigenvalue weighted by Crippen LogP contribution is 2.08. The van der Waals surface area contributed by atoms with Gasteiger partial charge in [0.25, 0.3) is 0 Å². The molecule has 672 valence electrons. The van der Waals surface area contributed by atoms with Gasteiger partial charge in [-0.25, -0.2) is 0 Å². The van der Waals surface area contributed by atoms with Gasteiger partial charge in [-0.15, -0.1) is 0 Å². The Hall–Kier alpha value is 0.600. The van der Waals surface area contributed by atoms with E-state index >= 15 is 0 Å². The fourth-order valence-electron chi connectivity index (χ4n) is 10.1. The van der Waals surface area contributed by atoms with E-state index in [1.54, 1.807) is 104 Å². The summed E-state index contributed by atoms with van der Waals surface area (Å²) in [6.45, 7) is 30.8. The summed E-state index contributed by atoms with van der Waals surface area (Å²) in [6.07, 6.45) is 58.6. The lowest BCUT2D eigenvalue weighted by Gasteiger charge is -2.20. The lowest BCUT2D eigenvalue weighted by Crippen LogP contribution is -2.24. The number of hydrogen-bond acceptors (Lipinski definition) is 24. The Morgan fingerprint density at radius 1 is 0.176 bits per heavy atom. The van der Waals surface area contributed by atoms with Crippen molar-refractivity contribution in [2.45, 2.75) is 193 Å². The van der Waals surface area contributed by atoms with Crippen molar-refractivity contribution in [3.63, 3.8) is 0 Å². The first-order valence-electron chi connectivity index (χ1n) is 42.3. The number of methoxy groups -OCH3 is 4. The zero-order chi connectivity index (χ0) is 84.4. The molecule has 0 saturated carbocycles. The molecule has 0 amide bonds. The van der Waals surface area contributed by atoms with Crippen LogP contribution in [-0.4, -0.2) is 392 Å². The summed E-state index contributed by atoms with van der Waals surface area (Å²) < 4.78 is 17.0. The molecule has 12 fully saturated rings. The predicted octanol–water partition coefficient (Wildman–Crippen LogP) is 13.1. The number of likely N-dealkylation sites (tertiary alicyclic amines) is 6. The van der Waals surface area contributed by atoms with E-state index in [1.165, 1.54) is 350 Å². The maximum absolute atomic E-state index is 4.25. The molecule has 108 heavy (non-hydrogen) atoms. The number of ether oxygens (including phenoxy) is 4. The largest absolute Gasteiger partial charge is 0.388 e. The van der Waals surface area contributed by atoms with Crippen molar-refractivity contribution >= 4 is 47.0 Å². The molecule has 24 heteroatoms. The van der Waals surface area contributed by atoms with Crippen LogP contribution in [0.4, 0.5) is 0 Å². The first-order valence-corrected chi connectivity index (χ1v) is 48.8. The van der Waals surface area contributed by atoms with Crippen LogP contribution in [0, 0.1) is 0 Å². The summed E-state index contributed by atoms with van der Waals surface area (Å²) in [5.41, 5.74) is 0. The first kappa shape index (κ1) is 135. The Morgan fingerprint density at radius 3 is 0.278 bits per heavy atom. The van der Waals surface area contributed by atoms with Gasteiger partial charge in [0.05, 0.1) is 0 Å². The molecular weight excluding hydrogens is 1430 g/mol. The number of piperidine rings is 6. The molecule has 0 radical (unpaired) electrons. The highest BCUT2D eigenvalue weighted by atomic mass is 32.2. The second-order valence-electron chi connectivity index (χ2n) is 28.2. The average molecular weight is 1630 g/mol. The van der Waals surface area contributed by atoms with Crippen molar-refractivity contribution in [3.05, 3.63) is 0 Å². The Bertz CT molecular complexity index is 997. The number of nitrogens with zero attached hydrogens (tertiary/aromatic N) is 6. The Balaban J connectivity index is -0.0000000898. The van der Waals surface area contributed by atoms with Crippen LogP contribution >= 0.6 is 47.0 Å². The highest BCUT2D eigenvalue weighted by molar-refractivity contribution is 7.98. The van der Waals surface area contributed by atoms with E-state index in [0.717, 1.165) is 0 Å². The van der Waals surface area contributed by atoms with Gasteiger partial charge in [0.15, 0.2) is 0 Å². The van der Waals surface area contributed by atoms with Crippen molar-refractivity contribution in [2.24, 2.45) is 0 Å². The van der Waals surface area contributed by atoms with Crippen LogP contribution in [0.1, 0.15) is 193 Å². The Kier molecular flexibility index (Phi) is 186. The van der Waals surface area contributed by atoms with Gasteiger partial charge >= 0.3 is 0 Å². The Morgan fingerprint density at radius 2 is 0.241 bits per heavy atom. The number of rotatable bonds is 0. The predicted molar refractivity (Wildman–Crippen MR) is 510 cm³/mol. The minimum Gasteiger partial charge on any atom is -0.388 e. The van der Waals surface area contributed by atoms with Crippen LogP contribution in [0.15, 0.2) is 0 Å². The third kappa shape index (κ3) is 192. The molecule has 12 heterocycles. The van der Waals surface area contributed by atoms with E-state index < -0.39 is 0 Å². The third-order valence-corrected chi connectivity index (χ3v) is 15.2. The van der Waals surface area contributed by atoms with Gasteiger partial charge in [0.1, 0.15) is 0 Å². The van der Waals surface area contributed by atoms with E-state index in [9.17, 15) is 0 Å². The van der Waals surface area contributed by atoms with Crippen molar-refractivity contribution < 1.29 is 18.9 Å². The molecule has 12 saturated heterocycles. The van der Waals surface area contributed by atoms with E-state index in [4.69, 9.17) is 0 Å². The number of nitrogens with one attached hydrogen (secondary N) is 10. The van der Waals surface area contributed by atoms with Crippen molar-refractivity contribution in [3.8, 4) is 0 Å². The van der Waals surface area contributed by atoms with Crippen LogP contribution in [0.5, 0.6) is 0 Å². The second-order valence-corrected chi connectivity index (χ2v) is 31.5. The van der Waals surface area contributed by atoms with Crippen LogP contribution in [0.3, 0.4) is 0 Å². The maximum atomic E-state index is 4.25. The average Bonchev–Trinajstić information content (AvgIpc) is 1.33. The molecule has 12 aliphatic rings. The normalized spacial score (nSPS) is 18.5. The SMILES string of the molecule is C1CCNC1.C1CCNC1.C1CCNC1.C1CCNCC1.C1CCNCC1.C1CCNCC1.CN1CCCC1.CN1CCCC1.CN1CCCC1.CN1CCCCC1.CN1CCCCC1.CN1CCCCC1.CNC.CNC.CNC.CNC.COC.COC.COC.COC.CSC.CSC.CSC.CSC. The zero-order valence-electron chi connectivity index (χ0n) is 79.1. The lowest BCUT2D eigenvalue weighted by atomic mass is 10.1. The second kappa shape index (κ2) is 149. The van der Waals surface area contributed by atoms with Crippen LogP contribution in [-0.2, 0) is 18.9 Å². The number of hydrogen-bond donors (Lipinski definition) is 10. The molecule has 0 aromatic carbocycles. The van der Waals surface area contributed by atoms with Gasteiger partial charge in [0, 0.05) is 56.9 Å². The fourth-order valence-corrected chi connectivity index (χ4v) is 10.1. The summed E-state index contributed by atoms with van der Waals surface area (Å²) in [5, 5.41) is 30.5. The quantitative estimate of drug-likeness (QED) is 0.111. The number of thioether (sulfide) groups is 4. The minimum absolute atomic E-state index is 1.25. The summed E-state index contributed by atoms with van der Waals surface area (Å²) >= 11 is 7.00. The van der Waals surface area contributed by atoms with E-state index in [1.807, 2.05) is 106 Å². The molecule has 20 nitrogen and oxygen atoms in total. The van der Waals surface area contributed by atoms with Gasteiger partial charge in [-0.1, -0.05) is 38.5 Å². The Labute approximate surface area is 699 Å². The van der Waals surface area contributed by atoms with Gasteiger partial charge in [-0.2, -0.15) is 47.0 Å². The van der Waals surface area contributed by atoms with Crippen LogP contribution < -0.4 is 53.2 Å². The van der Waals surface area contributed by atoms with Crippen LogP contribution in [0.2, 0.25) is 0 Å². The zero-order valence-corrected chi connectivity index (χ0v) is 82.4. The van der Waals surface area contributed by atoms with Gasteiger partial charge in [-0.05, 0) is 460 Å². The standard InChI is InChI=1S/3C6H13N.6C5H11N.3C4H9N.4C2H7N.4C2H6O.4C2H6S/c3*1-7-5-3-2-4-6-7;3*1-6-4-2-3-5-6;3*1-2-4-6-5-3-1;3*1-2-4-5-3-1;12*1-3-2/h3*2-6H2,1H3;3*2-5H2,1H3;3*6H,1-5H2;3*5H,1-4H2;4*3H,1-2H3;8*1-2H3. The van der Waals surface area contributed by atoms with Crippen molar-refractivity contribution in [2.75, 3.05) is 363 Å². The van der Waals surface area contributed by atoms with Gasteiger partial charge in [0.2, 0.25) is 0 Å². The lowest BCUT2D eigenvalue weighted by molar-refractivity contribution is 0.277. The van der Waals surface area contributed by atoms with E-state index in [2.05, 4.69) is 144 Å². The topological polar surface area (TPSA) is 177 Å². The molecule has 0 unspecified atom stereocenters. The van der Waals surface area contributed by atoms with Gasteiger partial charge in [-0.3, -0.25) is 0 Å². The molecule has 0 bridgehead atoms. The van der Waals surface area contributed by atoms with E-state index in [-0.39, 0.29) is 0 Å². The molecule has 10 N–H and O–H groups in total. The third-order valence-electron chi connectivity index (χ3n) is 15.2. The molecule has 12 rings (SSSR count).